The maximum atomic E-state index is 12.4. The molecule has 0 aromatic heterocycles. The van der Waals surface area contributed by atoms with Crippen molar-refractivity contribution in [2.24, 2.45) is 5.92 Å². The van der Waals surface area contributed by atoms with E-state index in [2.05, 4.69) is 31.2 Å². The number of hydrogen-bond acceptors (Lipinski definition) is 8. The minimum atomic E-state index is -3.76. The Kier molecular flexibility index (Phi) is 17.5. The van der Waals surface area contributed by atoms with Crippen LogP contribution in [0.4, 0.5) is 0 Å². The predicted molar refractivity (Wildman–Crippen MR) is 211 cm³/mol. The number of methoxy groups -OCH3 is 2. The molecule has 288 valence electrons. The summed E-state index contributed by atoms with van der Waals surface area (Å²) >= 11 is 0. The SMILES string of the molecule is COc1c(OCc2ccccc2)c(C)c(CCCCCCCCCCOCc2cccc(S(=O)(=O)OCC(C)C)c2)c(OCc2ccccc2)c1OC. The van der Waals surface area contributed by atoms with Crippen molar-refractivity contribution in [1.29, 1.82) is 0 Å². The molecule has 0 unspecified atom stereocenters. The summed E-state index contributed by atoms with van der Waals surface area (Å²) < 4.78 is 60.6. The van der Waals surface area contributed by atoms with E-state index in [0.717, 1.165) is 59.9 Å². The Labute approximate surface area is 317 Å². The van der Waals surface area contributed by atoms with Crippen LogP contribution in [-0.4, -0.2) is 35.9 Å². The molecule has 8 nitrogen and oxygen atoms in total. The largest absolute Gasteiger partial charge is 0.490 e. The highest BCUT2D eigenvalue weighted by molar-refractivity contribution is 7.86. The second-order valence-electron chi connectivity index (χ2n) is 13.8. The van der Waals surface area contributed by atoms with Crippen LogP contribution in [-0.2, 0) is 45.3 Å². The molecule has 0 radical (unpaired) electrons. The monoisotopic (exact) mass is 746 g/mol. The molecule has 0 N–H and O–H groups in total. The van der Waals surface area contributed by atoms with E-state index >= 15 is 0 Å². The quantitative estimate of drug-likeness (QED) is 0.0489. The van der Waals surface area contributed by atoms with Crippen molar-refractivity contribution in [2.75, 3.05) is 27.4 Å². The lowest BCUT2D eigenvalue weighted by atomic mass is 9.97. The van der Waals surface area contributed by atoms with Crippen LogP contribution in [0.1, 0.15) is 93.0 Å². The van der Waals surface area contributed by atoms with E-state index in [0.29, 0.717) is 49.4 Å². The molecule has 4 rings (SSSR count). The molecule has 9 heteroatoms. The first-order valence-corrected chi connectivity index (χ1v) is 20.3. The van der Waals surface area contributed by atoms with E-state index in [1.54, 1.807) is 32.4 Å². The smallest absolute Gasteiger partial charge is 0.296 e. The van der Waals surface area contributed by atoms with Crippen molar-refractivity contribution < 1.29 is 36.3 Å². The number of hydrogen-bond donors (Lipinski definition) is 0. The second kappa shape index (κ2) is 22.2. The summed E-state index contributed by atoms with van der Waals surface area (Å²) in [4.78, 5) is 0.174. The molecule has 53 heavy (non-hydrogen) atoms. The van der Waals surface area contributed by atoms with E-state index in [-0.39, 0.29) is 17.4 Å². The summed E-state index contributed by atoms with van der Waals surface area (Å²) in [5.74, 6) is 2.64. The first-order chi connectivity index (χ1) is 25.7. The van der Waals surface area contributed by atoms with E-state index in [9.17, 15) is 8.42 Å². The van der Waals surface area contributed by atoms with E-state index in [4.69, 9.17) is 27.9 Å². The average Bonchev–Trinajstić information content (AvgIpc) is 3.17. The minimum absolute atomic E-state index is 0.135. The average molecular weight is 747 g/mol. The third-order valence-corrected chi connectivity index (χ3v) is 10.3. The fourth-order valence-electron chi connectivity index (χ4n) is 6.12. The summed E-state index contributed by atoms with van der Waals surface area (Å²) in [6.45, 7) is 7.97. The molecule has 0 fully saturated rings. The van der Waals surface area contributed by atoms with Crippen molar-refractivity contribution >= 4 is 10.1 Å². The predicted octanol–water partition coefficient (Wildman–Crippen LogP) is 10.4. The highest BCUT2D eigenvalue weighted by atomic mass is 32.2. The third-order valence-electron chi connectivity index (χ3n) is 9.02. The first-order valence-electron chi connectivity index (χ1n) is 18.9. The maximum absolute atomic E-state index is 12.4. The molecule has 0 heterocycles. The number of unbranched alkanes of at least 4 members (excludes halogenated alkanes) is 7. The summed E-state index contributed by atoms with van der Waals surface area (Å²) in [6, 6.07) is 27.1. The van der Waals surface area contributed by atoms with E-state index in [1.165, 1.54) is 25.7 Å². The maximum Gasteiger partial charge on any atom is 0.296 e. The Bertz CT molecular complexity index is 1760. The molecule has 0 saturated heterocycles. The van der Waals surface area contributed by atoms with Crippen LogP contribution in [0.3, 0.4) is 0 Å². The van der Waals surface area contributed by atoms with Gasteiger partial charge in [-0.25, -0.2) is 0 Å². The molecule has 0 aliphatic heterocycles. The van der Waals surface area contributed by atoms with Gasteiger partial charge in [-0.2, -0.15) is 8.42 Å². The summed E-state index contributed by atoms with van der Waals surface area (Å²) in [5.41, 5.74) is 5.09. The molecule has 4 aromatic rings. The van der Waals surface area contributed by atoms with Gasteiger partial charge in [0.25, 0.3) is 10.1 Å². The zero-order chi connectivity index (χ0) is 37.9. The summed E-state index contributed by atoms with van der Waals surface area (Å²) in [7, 11) is -0.465. The summed E-state index contributed by atoms with van der Waals surface area (Å²) in [6.07, 6.45) is 9.78. The standard InChI is InChI=1S/C44H58O8S/c1-34(2)30-52-53(45,46)39-26-20-25-38(29-39)31-49-28-19-11-9-7-6-8-10-18-27-40-35(3)41(50-32-36-21-14-12-15-22-36)43(47-4)44(48-5)42(40)51-33-37-23-16-13-17-24-37/h12-17,20-26,29,34H,6-11,18-19,27-28,30-33H2,1-5H3. The van der Waals surface area contributed by atoms with Crippen molar-refractivity contribution in [1.82, 2.24) is 0 Å². The Balaban J connectivity index is 1.23. The minimum Gasteiger partial charge on any atom is -0.490 e. The fourth-order valence-corrected chi connectivity index (χ4v) is 7.25. The number of benzene rings is 4. The lowest BCUT2D eigenvalue weighted by Gasteiger charge is -2.23. The zero-order valence-electron chi connectivity index (χ0n) is 32.2. The van der Waals surface area contributed by atoms with Gasteiger partial charge in [0.05, 0.1) is 32.3 Å². The molecule has 0 aliphatic carbocycles. The Morgan fingerprint density at radius 1 is 0.585 bits per heavy atom. The normalized spacial score (nSPS) is 11.5. The third kappa shape index (κ3) is 13.4. The highest BCUT2D eigenvalue weighted by Crippen LogP contribution is 2.50. The summed E-state index contributed by atoms with van der Waals surface area (Å²) in [5, 5.41) is 0. The van der Waals surface area contributed by atoms with Gasteiger partial charge in [-0.1, -0.05) is 125 Å². The van der Waals surface area contributed by atoms with Crippen LogP contribution in [0.5, 0.6) is 23.0 Å². The number of rotatable bonds is 25. The van der Waals surface area contributed by atoms with Gasteiger partial charge in [-0.15, -0.1) is 0 Å². The fraction of sp³-hybridized carbons (Fsp3) is 0.455. The Hall–Kier alpha value is -4.05. The van der Waals surface area contributed by atoms with Gasteiger partial charge in [0.1, 0.15) is 13.2 Å². The van der Waals surface area contributed by atoms with Crippen LogP contribution in [0.2, 0.25) is 0 Å². The Morgan fingerprint density at radius 3 is 1.70 bits per heavy atom. The molecule has 0 atom stereocenters. The van der Waals surface area contributed by atoms with Crippen LogP contribution in [0.15, 0.2) is 89.8 Å². The molecule has 0 bridgehead atoms. The van der Waals surface area contributed by atoms with E-state index in [1.807, 2.05) is 56.3 Å². The van der Waals surface area contributed by atoms with Crippen molar-refractivity contribution in [2.45, 2.75) is 103 Å². The first kappa shape index (κ1) is 41.7. The van der Waals surface area contributed by atoms with Crippen molar-refractivity contribution in [3.8, 4) is 23.0 Å². The zero-order valence-corrected chi connectivity index (χ0v) is 33.1. The number of ether oxygens (including phenoxy) is 5. The highest BCUT2D eigenvalue weighted by Gasteiger charge is 2.26. The molecular formula is C44H58O8S. The van der Waals surface area contributed by atoms with Crippen molar-refractivity contribution in [3.05, 3.63) is 113 Å². The molecule has 4 aromatic carbocycles. The second-order valence-corrected chi connectivity index (χ2v) is 15.4. The van der Waals surface area contributed by atoms with Gasteiger partial charge >= 0.3 is 0 Å². The van der Waals surface area contributed by atoms with Gasteiger partial charge in [0, 0.05) is 17.7 Å². The molecule has 0 saturated carbocycles. The van der Waals surface area contributed by atoms with Gasteiger partial charge in [-0.05, 0) is 60.9 Å². The van der Waals surface area contributed by atoms with Crippen LogP contribution in [0.25, 0.3) is 0 Å². The molecule has 0 spiro atoms. The van der Waals surface area contributed by atoms with Crippen molar-refractivity contribution in [3.63, 3.8) is 0 Å². The van der Waals surface area contributed by atoms with Gasteiger partial charge in [-0.3, -0.25) is 4.18 Å². The molecule has 0 amide bonds. The topological polar surface area (TPSA) is 89.5 Å². The lowest BCUT2D eigenvalue weighted by molar-refractivity contribution is 0.116. The van der Waals surface area contributed by atoms with Gasteiger partial charge in [0.2, 0.25) is 11.5 Å². The molecular weight excluding hydrogens is 689 g/mol. The molecule has 0 aliphatic rings. The van der Waals surface area contributed by atoms with Gasteiger partial charge in [0.15, 0.2) is 11.5 Å². The van der Waals surface area contributed by atoms with Crippen LogP contribution < -0.4 is 18.9 Å². The van der Waals surface area contributed by atoms with E-state index < -0.39 is 10.1 Å². The van der Waals surface area contributed by atoms with Crippen LogP contribution >= 0.6 is 0 Å². The van der Waals surface area contributed by atoms with Gasteiger partial charge < -0.3 is 23.7 Å². The Morgan fingerprint density at radius 2 is 1.11 bits per heavy atom. The lowest BCUT2D eigenvalue weighted by Crippen LogP contribution is -2.11. The van der Waals surface area contributed by atoms with Crippen LogP contribution in [0, 0.1) is 12.8 Å².